The van der Waals surface area contributed by atoms with Crippen molar-refractivity contribution in [3.8, 4) is 0 Å². The maximum atomic E-state index is 12.9. The summed E-state index contributed by atoms with van der Waals surface area (Å²) in [5.74, 6) is -0.571. The SMILES string of the molecule is CC(CO)(NC(=O)c1ccc(F)cc1Cl)C1CC1. The Bertz CT molecular complexity index is 476. The van der Waals surface area contributed by atoms with Crippen molar-refractivity contribution >= 4 is 17.5 Å². The average molecular weight is 272 g/mol. The van der Waals surface area contributed by atoms with Crippen LogP contribution in [0.4, 0.5) is 4.39 Å². The lowest BCUT2D eigenvalue weighted by Gasteiger charge is -2.29. The molecule has 0 radical (unpaired) electrons. The van der Waals surface area contributed by atoms with Gasteiger partial charge in [0.2, 0.25) is 0 Å². The monoisotopic (exact) mass is 271 g/mol. The van der Waals surface area contributed by atoms with Gasteiger partial charge in [0.05, 0.1) is 22.7 Å². The number of amides is 1. The van der Waals surface area contributed by atoms with E-state index in [1.165, 1.54) is 12.1 Å². The molecule has 1 aromatic carbocycles. The van der Waals surface area contributed by atoms with Gasteiger partial charge in [0.25, 0.3) is 5.91 Å². The molecule has 1 aromatic rings. The predicted molar refractivity (Wildman–Crippen MR) is 67.1 cm³/mol. The fourth-order valence-corrected chi connectivity index (χ4v) is 2.24. The molecule has 1 atom stereocenters. The van der Waals surface area contributed by atoms with Crippen LogP contribution in [-0.2, 0) is 0 Å². The standard InChI is InChI=1S/C13H15ClFNO2/c1-13(7-17,8-2-3-8)16-12(18)10-5-4-9(15)6-11(10)14/h4-6,8,17H,2-3,7H2,1H3,(H,16,18). The van der Waals surface area contributed by atoms with E-state index in [0.29, 0.717) is 5.92 Å². The maximum absolute atomic E-state index is 12.9. The molecule has 1 aliphatic rings. The molecule has 3 nitrogen and oxygen atoms in total. The number of carbonyl (C=O) groups is 1. The molecule has 1 fully saturated rings. The smallest absolute Gasteiger partial charge is 0.253 e. The molecule has 5 heteroatoms. The van der Waals surface area contributed by atoms with Gasteiger partial charge in [-0.2, -0.15) is 0 Å². The van der Waals surface area contributed by atoms with Crippen molar-refractivity contribution in [2.45, 2.75) is 25.3 Å². The van der Waals surface area contributed by atoms with Gasteiger partial charge in [0.1, 0.15) is 5.82 Å². The Kier molecular flexibility index (Phi) is 3.59. The predicted octanol–water partition coefficient (Wildman–Crippen LogP) is 2.37. The first-order valence-electron chi connectivity index (χ1n) is 5.85. The third-order valence-electron chi connectivity index (χ3n) is 3.38. The lowest BCUT2D eigenvalue weighted by atomic mass is 9.96. The fourth-order valence-electron chi connectivity index (χ4n) is 1.99. The summed E-state index contributed by atoms with van der Waals surface area (Å²) in [6.07, 6.45) is 1.99. The molecule has 2 rings (SSSR count). The zero-order valence-corrected chi connectivity index (χ0v) is 10.8. The number of hydrogen-bond donors (Lipinski definition) is 2. The van der Waals surface area contributed by atoms with Gasteiger partial charge in [0.15, 0.2) is 0 Å². The Hall–Kier alpha value is -1.13. The molecule has 0 heterocycles. The highest BCUT2D eigenvalue weighted by atomic mass is 35.5. The Morgan fingerprint density at radius 2 is 2.28 bits per heavy atom. The van der Waals surface area contributed by atoms with Crippen LogP contribution in [0, 0.1) is 11.7 Å². The van der Waals surface area contributed by atoms with Crippen LogP contribution in [0.25, 0.3) is 0 Å². The van der Waals surface area contributed by atoms with Gasteiger partial charge in [-0.1, -0.05) is 11.6 Å². The summed E-state index contributed by atoms with van der Waals surface area (Å²) in [7, 11) is 0. The van der Waals surface area contributed by atoms with Gasteiger partial charge in [-0.25, -0.2) is 4.39 Å². The molecule has 1 saturated carbocycles. The molecule has 0 saturated heterocycles. The minimum absolute atomic E-state index is 0.0728. The van der Waals surface area contributed by atoms with Gasteiger partial charge < -0.3 is 10.4 Å². The highest BCUT2D eigenvalue weighted by Crippen LogP contribution is 2.39. The van der Waals surface area contributed by atoms with Crippen molar-refractivity contribution < 1.29 is 14.3 Å². The summed E-state index contributed by atoms with van der Waals surface area (Å²) < 4.78 is 12.9. The lowest BCUT2D eigenvalue weighted by molar-refractivity contribution is 0.0824. The molecule has 0 spiro atoms. The number of carbonyl (C=O) groups excluding carboxylic acids is 1. The molecule has 0 aromatic heterocycles. The Balaban J connectivity index is 2.16. The molecule has 18 heavy (non-hydrogen) atoms. The Labute approximate surface area is 110 Å². The van der Waals surface area contributed by atoms with Crippen molar-refractivity contribution in [1.82, 2.24) is 5.32 Å². The number of hydrogen-bond acceptors (Lipinski definition) is 2. The van der Waals surface area contributed by atoms with Crippen LogP contribution >= 0.6 is 11.6 Å². The van der Waals surface area contributed by atoms with Crippen molar-refractivity contribution in [2.75, 3.05) is 6.61 Å². The summed E-state index contributed by atoms with van der Waals surface area (Å²) >= 11 is 5.83. The van der Waals surface area contributed by atoms with Crippen LogP contribution in [0.1, 0.15) is 30.1 Å². The summed E-state index contributed by atoms with van der Waals surface area (Å²) in [5.41, 5.74) is -0.409. The number of rotatable bonds is 4. The highest BCUT2D eigenvalue weighted by molar-refractivity contribution is 6.33. The van der Waals surface area contributed by atoms with E-state index in [1.54, 1.807) is 6.92 Å². The number of aliphatic hydroxyl groups excluding tert-OH is 1. The first-order chi connectivity index (χ1) is 8.46. The minimum atomic E-state index is -0.630. The lowest BCUT2D eigenvalue weighted by Crippen LogP contribution is -2.50. The second kappa shape index (κ2) is 4.86. The quantitative estimate of drug-likeness (QED) is 0.883. The molecule has 1 amide bonds. The molecule has 2 N–H and O–H groups in total. The molecular formula is C13H15ClFNO2. The van der Waals surface area contributed by atoms with E-state index in [2.05, 4.69) is 5.32 Å². The van der Waals surface area contributed by atoms with Gasteiger partial charge >= 0.3 is 0 Å². The van der Waals surface area contributed by atoms with Gasteiger partial charge in [-0.05, 0) is 43.9 Å². The largest absolute Gasteiger partial charge is 0.394 e. The summed E-state index contributed by atoms with van der Waals surface area (Å²) in [6, 6.07) is 3.63. The second-order valence-electron chi connectivity index (χ2n) is 4.93. The Morgan fingerprint density at radius 3 is 2.78 bits per heavy atom. The summed E-state index contributed by atoms with van der Waals surface area (Å²) in [6.45, 7) is 1.68. The van der Waals surface area contributed by atoms with E-state index < -0.39 is 11.4 Å². The van der Waals surface area contributed by atoms with Crippen molar-refractivity contribution in [3.05, 3.63) is 34.6 Å². The zero-order valence-electron chi connectivity index (χ0n) is 10.0. The van der Waals surface area contributed by atoms with Crippen LogP contribution < -0.4 is 5.32 Å². The van der Waals surface area contributed by atoms with E-state index in [4.69, 9.17) is 11.6 Å². The highest BCUT2D eigenvalue weighted by Gasteiger charge is 2.42. The third kappa shape index (κ3) is 2.65. The summed E-state index contributed by atoms with van der Waals surface area (Å²) in [4.78, 5) is 12.1. The Morgan fingerprint density at radius 1 is 1.61 bits per heavy atom. The topological polar surface area (TPSA) is 49.3 Å². The second-order valence-corrected chi connectivity index (χ2v) is 5.34. The number of halogens is 2. The third-order valence-corrected chi connectivity index (χ3v) is 3.69. The molecule has 0 bridgehead atoms. The van der Waals surface area contributed by atoms with E-state index in [9.17, 15) is 14.3 Å². The molecule has 1 aliphatic carbocycles. The van der Waals surface area contributed by atoms with Gasteiger partial charge in [-0.3, -0.25) is 4.79 Å². The van der Waals surface area contributed by atoms with Crippen molar-refractivity contribution in [1.29, 1.82) is 0 Å². The number of benzene rings is 1. The maximum Gasteiger partial charge on any atom is 0.253 e. The first-order valence-corrected chi connectivity index (χ1v) is 6.22. The summed E-state index contributed by atoms with van der Waals surface area (Å²) in [5, 5.41) is 12.3. The van der Waals surface area contributed by atoms with Gasteiger partial charge in [-0.15, -0.1) is 0 Å². The average Bonchev–Trinajstić information content (AvgIpc) is 3.12. The fraction of sp³-hybridized carbons (Fsp3) is 0.462. The molecule has 1 unspecified atom stereocenters. The first kappa shape index (κ1) is 13.3. The van der Waals surface area contributed by atoms with Crippen molar-refractivity contribution in [3.63, 3.8) is 0 Å². The van der Waals surface area contributed by atoms with Crippen molar-refractivity contribution in [2.24, 2.45) is 5.92 Å². The van der Waals surface area contributed by atoms with Crippen LogP contribution in [0.15, 0.2) is 18.2 Å². The molecular weight excluding hydrogens is 257 g/mol. The van der Waals surface area contributed by atoms with Gasteiger partial charge in [0, 0.05) is 0 Å². The van der Waals surface area contributed by atoms with Crippen LogP contribution in [0.2, 0.25) is 5.02 Å². The molecule has 0 aliphatic heterocycles. The van der Waals surface area contributed by atoms with E-state index in [-0.39, 0.29) is 23.1 Å². The van der Waals surface area contributed by atoms with E-state index >= 15 is 0 Å². The normalized spacial score (nSPS) is 18.2. The zero-order chi connectivity index (χ0) is 13.3. The van der Waals surface area contributed by atoms with E-state index in [0.717, 1.165) is 18.9 Å². The number of aliphatic hydroxyl groups is 1. The van der Waals surface area contributed by atoms with Crippen LogP contribution in [0.5, 0.6) is 0 Å². The van der Waals surface area contributed by atoms with Crippen LogP contribution in [-0.4, -0.2) is 23.2 Å². The molecule has 98 valence electrons. The van der Waals surface area contributed by atoms with Crippen LogP contribution in [0.3, 0.4) is 0 Å². The minimum Gasteiger partial charge on any atom is -0.394 e. The van der Waals surface area contributed by atoms with E-state index in [1.807, 2.05) is 0 Å². The number of nitrogens with one attached hydrogen (secondary N) is 1.